The van der Waals surface area contributed by atoms with Crippen molar-refractivity contribution in [2.45, 2.75) is 426 Å². The van der Waals surface area contributed by atoms with Crippen LogP contribution < -0.4 is 26.6 Å². The first-order valence-electron chi connectivity index (χ1n) is 48.0. The van der Waals surface area contributed by atoms with Gasteiger partial charge < -0.3 is 62.3 Å². The number of unbranched alkanes of at least 4 members (excludes halogenated alkanes) is 6. The molecule has 0 aromatic heterocycles. The molecule has 0 aliphatic rings. The van der Waals surface area contributed by atoms with Crippen molar-refractivity contribution in [1.82, 2.24) is 31.5 Å². The van der Waals surface area contributed by atoms with Gasteiger partial charge in [0.2, 0.25) is 0 Å². The molecular weight excluding hydrogens is 1420 g/mol. The van der Waals surface area contributed by atoms with E-state index < -0.39 is 0 Å². The van der Waals surface area contributed by atoms with Gasteiger partial charge in [-0.3, -0.25) is 4.90 Å². The Labute approximate surface area is 715 Å². The number of benzene rings is 2. The van der Waals surface area contributed by atoms with Crippen molar-refractivity contribution in [2.75, 3.05) is 85.6 Å². The Morgan fingerprint density at radius 2 is 0.557 bits per heavy atom. The van der Waals surface area contributed by atoms with Crippen LogP contribution in [0.15, 0.2) is 30.3 Å². The average molecular weight is 1620 g/mol. The summed E-state index contributed by atoms with van der Waals surface area (Å²) in [6.45, 7) is 75.3. The minimum absolute atomic E-state index is 0.00859. The van der Waals surface area contributed by atoms with Crippen molar-refractivity contribution < 1.29 is 35.7 Å². The first kappa shape index (κ1) is 115. The molecule has 16 unspecified atom stereocenters. The number of para-hydroxylation sites is 1. The molecule has 0 spiro atoms. The maximum absolute atomic E-state index is 11.3. The van der Waals surface area contributed by atoms with Gasteiger partial charge in [0.15, 0.2) is 0 Å². The van der Waals surface area contributed by atoms with E-state index >= 15 is 0 Å². The van der Waals surface area contributed by atoms with Crippen LogP contribution in [-0.2, 0) is 28.2 Å². The molecule has 2 rings (SSSR count). The van der Waals surface area contributed by atoms with Crippen molar-refractivity contribution in [3.63, 3.8) is 0 Å². The molecule has 0 heterocycles. The molecule has 2 aromatic carbocycles. The Balaban J connectivity index is 0. The van der Waals surface area contributed by atoms with E-state index in [-0.39, 0.29) is 46.1 Å². The second-order valence-electron chi connectivity index (χ2n) is 42.1. The number of nitrogens with zero attached hydrogens (tertiary/aromatic N) is 1. The number of phenols is 2. The highest BCUT2D eigenvalue weighted by Gasteiger charge is 2.29. The SMILES string of the molecule is CC(C)(C)c1cccc(C(C)(C)C)c1O.CCC(C)CC(C)CC(C)CC(O)CCCCNCCCCCN(CCNCC(O)CC(C)CC(C)CC(C)CC)Cc1cc(C(C)(C)C)c(O)c(C(C)(C)C)c1.CCC(C)CC(C)CC(C)CC(O)CCCCNCCCCCNCCNCC(O)CC(C)CC(C)CC(C)CC.CO. The summed E-state index contributed by atoms with van der Waals surface area (Å²) in [5, 5.41) is 88.7. The van der Waals surface area contributed by atoms with Gasteiger partial charge in [-0.1, -0.05) is 263 Å². The maximum Gasteiger partial charge on any atom is 0.123 e. The van der Waals surface area contributed by atoms with Gasteiger partial charge in [-0.25, -0.2) is 0 Å². The fraction of sp³-hybridized carbons (Fsp3) is 0.882. The lowest BCUT2D eigenvalue weighted by atomic mass is 9.78. The smallest absolute Gasteiger partial charge is 0.123 e. The lowest BCUT2D eigenvalue weighted by molar-refractivity contribution is 0.126. The van der Waals surface area contributed by atoms with Gasteiger partial charge >= 0.3 is 0 Å². The summed E-state index contributed by atoms with van der Waals surface area (Å²) >= 11 is 0. The number of aromatic hydroxyl groups is 2. The summed E-state index contributed by atoms with van der Waals surface area (Å²) in [5.74, 6) is 9.42. The van der Waals surface area contributed by atoms with Gasteiger partial charge in [-0.05, 0) is 301 Å². The van der Waals surface area contributed by atoms with Crippen LogP contribution in [0, 0.1) is 71.0 Å². The third-order valence-electron chi connectivity index (χ3n) is 24.4. The highest BCUT2D eigenvalue weighted by molar-refractivity contribution is 5.50. The molecule has 0 saturated heterocycles. The summed E-state index contributed by atoms with van der Waals surface area (Å²) < 4.78 is 0. The second kappa shape index (κ2) is 65.3. The van der Waals surface area contributed by atoms with E-state index in [4.69, 9.17) is 5.11 Å². The number of phenolic OH excluding ortho intramolecular Hbond substituents is 2. The van der Waals surface area contributed by atoms with Crippen LogP contribution in [0.3, 0.4) is 0 Å². The van der Waals surface area contributed by atoms with Gasteiger partial charge in [-0.15, -0.1) is 0 Å². The molecule has 115 heavy (non-hydrogen) atoms. The molecule has 13 heteroatoms. The van der Waals surface area contributed by atoms with Crippen LogP contribution in [0.25, 0.3) is 0 Å². The summed E-state index contributed by atoms with van der Waals surface area (Å²) in [5.41, 5.74) is 5.04. The molecule has 13 nitrogen and oxygen atoms in total. The number of rotatable bonds is 62. The highest BCUT2D eigenvalue weighted by Crippen LogP contribution is 2.41. The van der Waals surface area contributed by atoms with Crippen molar-refractivity contribution in [3.8, 4) is 11.5 Å². The van der Waals surface area contributed by atoms with Crippen LogP contribution in [0.5, 0.6) is 11.5 Å². The second-order valence-corrected chi connectivity index (χ2v) is 42.1. The van der Waals surface area contributed by atoms with Crippen molar-refractivity contribution in [1.29, 1.82) is 0 Å². The third-order valence-corrected chi connectivity index (χ3v) is 24.4. The zero-order chi connectivity index (χ0) is 87.9. The molecule has 0 fully saturated rings. The average Bonchev–Trinajstić information content (AvgIpc) is 0.986. The Hall–Kier alpha value is -2.40. The largest absolute Gasteiger partial charge is 0.507 e. The topological polar surface area (TPSA) is 205 Å². The fourth-order valence-corrected chi connectivity index (χ4v) is 17.4. The normalized spacial score (nSPS) is 16.6. The van der Waals surface area contributed by atoms with E-state index in [9.17, 15) is 30.6 Å². The molecule has 12 N–H and O–H groups in total. The molecule has 682 valence electrons. The van der Waals surface area contributed by atoms with E-state index in [0.29, 0.717) is 54.2 Å². The monoisotopic (exact) mass is 1620 g/mol. The predicted molar refractivity (Wildman–Crippen MR) is 505 cm³/mol. The Kier molecular flexibility index (Phi) is 65.1. The van der Waals surface area contributed by atoms with Crippen LogP contribution in [0.4, 0.5) is 0 Å². The lowest BCUT2D eigenvalue weighted by Gasteiger charge is -2.30. The molecule has 16 atom stereocenters. The lowest BCUT2D eigenvalue weighted by Crippen LogP contribution is -2.36. The highest BCUT2D eigenvalue weighted by atomic mass is 16.3. The molecule has 0 bridgehead atoms. The molecular formula is C102H202N6O7. The van der Waals surface area contributed by atoms with Gasteiger partial charge in [0, 0.05) is 52.9 Å². The van der Waals surface area contributed by atoms with Crippen LogP contribution >= 0.6 is 0 Å². The molecule has 0 saturated carbocycles. The Morgan fingerprint density at radius 3 is 0.878 bits per heavy atom. The molecule has 0 aliphatic heterocycles. The first-order chi connectivity index (χ1) is 53.9. The summed E-state index contributed by atoms with van der Waals surface area (Å²) in [4.78, 5) is 2.57. The van der Waals surface area contributed by atoms with Gasteiger partial charge in [-0.2, -0.15) is 0 Å². The third kappa shape index (κ3) is 59.9. The number of nitrogens with one attached hydrogen (secondary N) is 5. The van der Waals surface area contributed by atoms with E-state index in [2.05, 4.69) is 237 Å². The van der Waals surface area contributed by atoms with E-state index in [1.165, 1.54) is 115 Å². The zero-order valence-corrected chi connectivity index (χ0v) is 81.7. The van der Waals surface area contributed by atoms with Crippen LogP contribution in [0.1, 0.15) is 401 Å². The van der Waals surface area contributed by atoms with Gasteiger partial charge in [0.25, 0.3) is 0 Å². The summed E-state index contributed by atoms with van der Waals surface area (Å²) in [6.07, 6.45) is 31.5. The standard InChI is InChI=1S/C51H99N3O3.C36H77N3O2.C14H22O.CH4O/c1-15-38(3)28-40(5)30-42(7)32-45(55)22-18-20-24-52-23-19-17-21-26-54(27-25-53-36-46(56)33-43(8)31-41(6)29-39(4)16-2)37-44-34-47(50(9,10)11)49(57)48(35-44)51(12,13)14;1-9-29(3)22-31(5)24-33(7)26-35(40)16-12-15-19-37-17-13-11-14-18-38-20-21-39-28-36(41)27-34(8)25-32(6)23-30(4)10-2;1-13(2,3)10-8-7-9-11(12(10)15)14(4,5)6;1-2/h34-35,38-43,45-46,52-53,55-57H,15-33,36-37H2,1-14H3;29-41H,9-28H2,1-8H3;7-9,15H,1-6H3;2H,1H3. The number of aliphatic hydroxyl groups is 5. The number of hydrogen-bond acceptors (Lipinski definition) is 13. The number of hydrogen-bond donors (Lipinski definition) is 12. The van der Waals surface area contributed by atoms with E-state index in [1.807, 2.05) is 18.2 Å². The predicted octanol–water partition coefficient (Wildman–Crippen LogP) is 23.4. The Morgan fingerprint density at radius 1 is 0.296 bits per heavy atom. The minimum Gasteiger partial charge on any atom is -0.507 e. The van der Waals surface area contributed by atoms with Crippen molar-refractivity contribution >= 4 is 0 Å². The maximum atomic E-state index is 11.3. The van der Waals surface area contributed by atoms with Gasteiger partial charge in [0.1, 0.15) is 11.5 Å². The van der Waals surface area contributed by atoms with Crippen molar-refractivity contribution in [3.05, 3.63) is 58.1 Å². The van der Waals surface area contributed by atoms with E-state index in [0.717, 1.165) is 213 Å². The Bertz CT molecular complexity index is 2460. The molecule has 0 radical (unpaired) electrons. The molecule has 0 aliphatic carbocycles. The summed E-state index contributed by atoms with van der Waals surface area (Å²) in [6, 6.07) is 10.5. The quantitative estimate of drug-likeness (QED) is 0.0279. The molecule has 0 amide bonds. The molecule has 2 aromatic rings. The van der Waals surface area contributed by atoms with Crippen molar-refractivity contribution in [2.24, 2.45) is 71.0 Å². The van der Waals surface area contributed by atoms with E-state index in [1.54, 1.807) is 0 Å². The van der Waals surface area contributed by atoms with Crippen LogP contribution in [-0.4, -0.2) is 151 Å². The first-order valence-corrected chi connectivity index (χ1v) is 48.0. The minimum atomic E-state index is -0.315. The van der Waals surface area contributed by atoms with Gasteiger partial charge in [0.05, 0.1) is 24.4 Å². The fourth-order valence-electron chi connectivity index (χ4n) is 17.4. The number of aliphatic hydroxyl groups excluding tert-OH is 5. The van der Waals surface area contributed by atoms with Crippen LogP contribution in [0.2, 0.25) is 0 Å². The summed E-state index contributed by atoms with van der Waals surface area (Å²) in [7, 11) is 1.00. The zero-order valence-electron chi connectivity index (χ0n) is 81.7.